The lowest BCUT2D eigenvalue weighted by molar-refractivity contribution is -0.123. The van der Waals surface area contributed by atoms with E-state index in [1.54, 1.807) is 57.2 Å². The molecule has 0 aliphatic carbocycles. The highest BCUT2D eigenvalue weighted by Crippen LogP contribution is 2.35. The van der Waals surface area contributed by atoms with E-state index in [4.69, 9.17) is 21.1 Å². The van der Waals surface area contributed by atoms with Crippen molar-refractivity contribution in [1.29, 1.82) is 0 Å². The molecular formula is C26H26ClNO4. The number of anilines is 1. The number of carbonyl (C=O) groups is 2. The topological polar surface area (TPSA) is 64.6 Å². The number of hydrogen-bond donors (Lipinski definition) is 1. The fraction of sp³-hybridized carbons (Fsp3) is 0.231. The summed E-state index contributed by atoms with van der Waals surface area (Å²) in [6.45, 7) is 5.68. The number of ketones is 1. The van der Waals surface area contributed by atoms with Crippen molar-refractivity contribution in [3.05, 3.63) is 88.4 Å². The van der Waals surface area contributed by atoms with Crippen LogP contribution in [0, 0.1) is 5.41 Å². The van der Waals surface area contributed by atoms with Crippen LogP contribution in [0.1, 0.15) is 42.3 Å². The second-order valence-electron chi connectivity index (χ2n) is 8.33. The van der Waals surface area contributed by atoms with E-state index >= 15 is 0 Å². The summed E-state index contributed by atoms with van der Waals surface area (Å²) in [6, 6.07) is 19.6. The van der Waals surface area contributed by atoms with Gasteiger partial charge in [-0.25, -0.2) is 0 Å². The van der Waals surface area contributed by atoms with Gasteiger partial charge in [-0.2, -0.15) is 0 Å². The number of nitrogens with one attached hydrogen (secondary N) is 1. The molecule has 0 saturated heterocycles. The van der Waals surface area contributed by atoms with Crippen LogP contribution < -0.4 is 14.8 Å². The average Bonchev–Trinajstić information content (AvgIpc) is 2.78. The van der Waals surface area contributed by atoms with Crippen molar-refractivity contribution in [2.75, 3.05) is 12.4 Å². The molecule has 0 aromatic heterocycles. The first-order valence-electron chi connectivity index (χ1n) is 10.2. The molecule has 0 unspecified atom stereocenters. The first kappa shape index (κ1) is 23.4. The van der Waals surface area contributed by atoms with Crippen LogP contribution >= 0.6 is 11.6 Å². The summed E-state index contributed by atoms with van der Waals surface area (Å²) in [6.07, 6.45) is 0. The lowest BCUT2D eigenvalue weighted by atomic mass is 9.94. The molecular weight excluding hydrogens is 426 g/mol. The summed E-state index contributed by atoms with van der Waals surface area (Å²) in [5.41, 5.74) is 1.30. The molecule has 3 rings (SSSR count). The Balaban J connectivity index is 2.00. The largest absolute Gasteiger partial charge is 0.493 e. The quantitative estimate of drug-likeness (QED) is 0.438. The number of methoxy groups -OCH3 is 1. The number of rotatable bonds is 7. The van der Waals surface area contributed by atoms with Crippen LogP contribution in [0.2, 0.25) is 5.02 Å². The molecule has 0 aliphatic heterocycles. The summed E-state index contributed by atoms with van der Waals surface area (Å²) in [5.74, 6) is 0.227. The summed E-state index contributed by atoms with van der Waals surface area (Å²) < 4.78 is 11.5. The Kier molecular flexibility index (Phi) is 7.21. The van der Waals surface area contributed by atoms with E-state index in [-0.39, 0.29) is 23.9 Å². The first-order valence-corrected chi connectivity index (χ1v) is 10.6. The number of hydrogen-bond acceptors (Lipinski definition) is 4. The molecule has 0 aliphatic rings. The Hall–Kier alpha value is -3.31. The summed E-state index contributed by atoms with van der Waals surface area (Å²) >= 11 is 6.19. The van der Waals surface area contributed by atoms with Gasteiger partial charge in [0.2, 0.25) is 5.91 Å². The predicted octanol–water partition coefficient (Wildman–Crippen LogP) is 6.14. The molecule has 0 fully saturated rings. The van der Waals surface area contributed by atoms with E-state index < -0.39 is 5.41 Å². The molecule has 3 aromatic carbocycles. The fourth-order valence-electron chi connectivity index (χ4n) is 3.00. The van der Waals surface area contributed by atoms with Gasteiger partial charge in [0.05, 0.1) is 18.4 Å². The normalized spacial score (nSPS) is 11.0. The van der Waals surface area contributed by atoms with Gasteiger partial charge < -0.3 is 14.8 Å². The Morgan fingerprint density at radius 1 is 0.938 bits per heavy atom. The molecule has 0 spiro atoms. The van der Waals surface area contributed by atoms with Gasteiger partial charge in [-0.05, 0) is 35.9 Å². The van der Waals surface area contributed by atoms with Crippen LogP contribution in [0.15, 0.2) is 66.7 Å². The zero-order valence-electron chi connectivity index (χ0n) is 18.6. The Labute approximate surface area is 193 Å². The highest BCUT2D eigenvalue weighted by molar-refractivity contribution is 6.31. The van der Waals surface area contributed by atoms with Crippen LogP contribution in [0.25, 0.3) is 0 Å². The molecule has 0 radical (unpaired) electrons. The molecule has 5 nitrogen and oxygen atoms in total. The number of ether oxygens (including phenoxy) is 2. The van der Waals surface area contributed by atoms with E-state index in [0.29, 0.717) is 27.8 Å². The highest BCUT2D eigenvalue weighted by Gasteiger charge is 2.25. The van der Waals surface area contributed by atoms with E-state index in [1.165, 1.54) is 7.11 Å². The second-order valence-corrected chi connectivity index (χ2v) is 8.77. The van der Waals surface area contributed by atoms with Crippen molar-refractivity contribution in [3.63, 3.8) is 0 Å². The van der Waals surface area contributed by atoms with Gasteiger partial charge in [-0.1, -0.05) is 68.8 Å². The zero-order valence-corrected chi connectivity index (χ0v) is 19.3. The minimum atomic E-state index is -0.625. The van der Waals surface area contributed by atoms with Crippen LogP contribution in [0.4, 0.5) is 5.69 Å². The maximum atomic E-state index is 13.6. The predicted molar refractivity (Wildman–Crippen MR) is 127 cm³/mol. The van der Waals surface area contributed by atoms with Gasteiger partial charge in [-0.15, -0.1) is 0 Å². The molecule has 0 atom stereocenters. The highest BCUT2D eigenvalue weighted by atomic mass is 35.5. The fourth-order valence-corrected chi connectivity index (χ4v) is 3.17. The lowest BCUT2D eigenvalue weighted by Gasteiger charge is -2.20. The van der Waals surface area contributed by atoms with Crippen LogP contribution in [0.3, 0.4) is 0 Å². The Bertz CT molecular complexity index is 1120. The molecule has 0 heterocycles. The van der Waals surface area contributed by atoms with Crippen LogP contribution in [0.5, 0.6) is 11.5 Å². The molecule has 166 valence electrons. The maximum absolute atomic E-state index is 13.6. The smallest absolute Gasteiger partial charge is 0.229 e. The molecule has 6 heteroatoms. The van der Waals surface area contributed by atoms with Gasteiger partial charge >= 0.3 is 0 Å². The van der Waals surface area contributed by atoms with Gasteiger partial charge in [-0.3, -0.25) is 9.59 Å². The molecule has 3 aromatic rings. The van der Waals surface area contributed by atoms with E-state index in [9.17, 15) is 9.59 Å². The Morgan fingerprint density at radius 3 is 2.31 bits per heavy atom. The molecule has 32 heavy (non-hydrogen) atoms. The van der Waals surface area contributed by atoms with Crippen molar-refractivity contribution >= 4 is 29.0 Å². The number of amides is 1. The summed E-state index contributed by atoms with van der Waals surface area (Å²) in [7, 11) is 1.52. The van der Waals surface area contributed by atoms with E-state index in [1.807, 2.05) is 30.3 Å². The number of halogens is 1. The summed E-state index contributed by atoms with van der Waals surface area (Å²) in [5, 5.41) is 3.23. The first-order chi connectivity index (χ1) is 15.2. The van der Waals surface area contributed by atoms with Gasteiger partial charge in [0.25, 0.3) is 0 Å². The standard InChI is InChI=1S/C26H26ClNO4/c1-26(2,3)25(30)28-21-14-13-18(27)15-20(21)23(29)19-11-8-12-22(31-4)24(19)32-16-17-9-6-5-7-10-17/h5-15H,16H2,1-4H3,(H,28,30). The van der Waals surface area contributed by atoms with E-state index in [2.05, 4.69) is 5.32 Å². The van der Waals surface area contributed by atoms with Crippen molar-refractivity contribution < 1.29 is 19.1 Å². The van der Waals surface area contributed by atoms with Crippen molar-refractivity contribution in [2.24, 2.45) is 5.41 Å². The van der Waals surface area contributed by atoms with Crippen LogP contribution in [-0.4, -0.2) is 18.8 Å². The molecule has 1 N–H and O–H groups in total. The van der Waals surface area contributed by atoms with Crippen molar-refractivity contribution in [2.45, 2.75) is 27.4 Å². The SMILES string of the molecule is COc1cccc(C(=O)c2cc(Cl)ccc2NC(=O)C(C)(C)C)c1OCc1ccccc1. The van der Waals surface area contributed by atoms with Crippen molar-refractivity contribution in [1.82, 2.24) is 0 Å². The third kappa shape index (κ3) is 5.48. The monoisotopic (exact) mass is 451 g/mol. The van der Waals surface area contributed by atoms with Gasteiger partial charge in [0.1, 0.15) is 6.61 Å². The minimum Gasteiger partial charge on any atom is -0.493 e. The molecule has 0 saturated carbocycles. The minimum absolute atomic E-state index is 0.208. The third-order valence-electron chi connectivity index (χ3n) is 4.83. The zero-order chi connectivity index (χ0) is 23.3. The van der Waals surface area contributed by atoms with Gasteiger partial charge in [0, 0.05) is 16.0 Å². The van der Waals surface area contributed by atoms with Gasteiger partial charge in [0.15, 0.2) is 17.3 Å². The number of carbonyl (C=O) groups excluding carboxylic acids is 2. The number of benzene rings is 3. The lowest BCUT2D eigenvalue weighted by Crippen LogP contribution is -2.28. The summed E-state index contributed by atoms with van der Waals surface area (Å²) in [4.78, 5) is 26.2. The average molecular weight is 452 g/mol. The number of para-hydroxylation sites is 1. The molecule has 1 amide bonds. The van der Waals surface area contributed by atoms with Crippen LogP contribution in [-0.2, 0) is 11.4 Å². The second kappa shape index (κ2) is 9.88. The third-order valence-corrected chi connectivity index (χ3v) is 5.06. The molecule has 0 bridgehead atoms. The Morgan fingerprint density at radius 2 is 1.66 bits per heavy atom. The van der Waals surface area contributed by atoms with Crippen molar-refractivity contribution in [3.8, 4) is 11.5 Å². The van der Waals surface area contributed by atoms with E-state index in [0.717, 1.165) is 5.56 Å². The maximum Gasteiger partial charge on any atom is 0.229 e.